The molecule has 0 aromatic heterocycles. The van der Waals surface area contributed by atoms with Crippen molar-refractivity contribution in [3.05, 3.63) is 29.8 Å². The monoisotopic (exact) mass is 279 g/mol. The van der Waals surface area contributed by atoms with Gasteiger partial charge in [-0.2, -0.15) is 0 Å². The van der Waals surface area contributed by atoms with Crippen LogP contribution in [-0.4, -0.2) is 39.7 Å². The van der Waals surface area contributed by atoms with Crippen molar-refractivity contribution in [3.8, 4) is 5.75 Å². The van der Waals surface area contributed by atoms with Gasteiger partial charge in [0.25, 0.3) is 0 Å². The lowest BCUT2D eigenvalue weighted by Crippen LogP contribution is -2.37. The molecule has 0 fully saturated rings. The topological polar surface area (TPSA) is 72.0 Å². The average molecular weight is 279 g/mol. The van der Waals surface area contributed by atoms with E-state index in [1.807, 2.05) is 24.3 Å². The first-order chi connectivity index (χ1) is 9.69. The van der Waals surface area contributed by atoms with Crippen LogP contribution in [0.25, 0.3) is 0 Å². The molecule has 0 aliphatic rings. The number of esters is 1. The largest absolute Gasteiger partial charge is 0.497 e. The summed E-state index contributed by atoms with van der Waals surface area (Å²) >= 11 is 0. The molecular formula is C14H21N3O3. The van der Waals surface area contributed by atoms with E-state index in [0.717, 1.165) is 11.3 Å². The Labute approximate surface area is 119 Å². The number of benzene rings is 1. The van der Waals surface area contributed by atoms with Gasteiger partial charge in [0, 0.05) is 20.1 Å². The van der Waals surface area contributed by atoms with Gasteiger partial charge < -0.3 is 20.1 Å². The zero-order valence-electron chi connectivity index (χ0n) is 12.1. The smallest absolute Gasteiger partial charge is 0.307 e. The molecule has 6 nitrogen and oxygen atoms in total. The van der Waals surface area contributed by atoms with Crippen LogP contribution in [0.2, 0.25) is 0 Å². The molecule has 20 heavy (non-hydrogen) atoms. The molecule has 0 atom stereocenters. The summed E-state index contributed by atoms with van der Waals surface area (Å²) in [5, 5.41) is 6.20. The summed E-state index contributed by atoms with van der Waals surface area (Å²) in [6.07, 6.45) is 0.302. The summed E-state index contributed by atoms with van der Waals surface area (Å²) < 4.78 is 9.73. The van der Waals surface area contributed by atoms with E-state index in [4.69, 9.17) is 4.74 Å². The predicted octanol–water partition coefficient (Wildman–Crippen LogP) is 0.923. The maximum Gasteiger partial charge on any atom is 0.307 e. The molecule has 1 aromatic rings. The van der Waals surface area contributed by atoms with E-state index in [2.05, 4.69) is 20.4 Å². The molecule has 0 saturated carbocycles. The standard InChI is InChI=1S/C14H21N3O3/c1-15-14(16-8-7-13(18)20-3)17-10-11-5-4-6-12(9-11)19-2/h4-6,9H,7-8,10H2,1-3H3,(H2,15,16,17). The van der Waals surface area contributed by atoms with Crippen molar-refractivity contribution in [3.63, 3.8) is 0 Å². The first kappa shape index (κ1) is 15.8. The molecule has 0 spiro atoms. The van der Waals surface area contributed by atoms with Crippen LogP contribution >= 0.6 is 0 Å². The number of nitrogens with one attached hydrogen (secondary N) is 2. The highest BCUT2D eigenvalue weighted by Crippen LogP contribution is 2.11. The van der Waals surface area contributed by atoms with Gasteiger partial charge in [0.2, 0.25) is 0 Å². The van der Waals surface area contributed by atoms with Gasteiger partial charge in [0.05, 0.1) is 20.6 Å². The van der Waals surface area contributed by atoms with E-state index in [-0.39, 0.29) is 5.97 Å². The number of hydrogen-bond donors (Lipinski definition) is 2. The van der Waals surface area contributed by atoms with Crippen LogP contribution in [0.15, 0.2) is 29.3 Å². The van der Waals surface area contributed by atoms with Crippen LogP contribution in [0.3, 0.4) is 0 Å². The Morgan fingerprint density at radius 1 is 1.30 bits per heavy atom. The Kier molecular flexibility index (Phi) is 6.95. The number of carbonyl (C=O) groups excluding carboxylic acids is 1. The maximum absolute atomic E-state index is 11.0. The molecule has 0 heterocycles. The third-order valence-electron chi connectivity index (χ3n) is 2.67. The van der Waals surface area contributed by atoms with E-state index in [9.17, 15) is 4.79 Å². The molecule has 0 bridgehead atoms. The quantitative estimate of drug-likeness (QED) is 0.460. The van der Waals surface area contributed by atoms with Crippen molar-refractivity contribution in [2.24, 2.45) is 4.99 Å². The number of guanidine groups is 1. The van der Waals surface area contributed by atoms with E-state index in [1.165, 1.54) is 7.11 Å². The van der Waals surface area contributed by atoms with Crippen LogP contribution in [0.4, 0.5) is 0 Å². The molecule has 2 N–H and O–H groups in total. The van der Waals surface area contributed by atoms with Gasteiger partial charge >= 0.3 is 5.97 Å². The molecule has 0 aliphatic heterocycles. The summed E-state index contributed by atoms with van der Waals surface area (Å²) in [6.45, 7) is 1.10. The van der Waals surface area contributed by atoms with Crippen molar-refractivity contribution in [2.75, 3.05) is 27.8 Å². The summed E-state index contributed by atoms with van der Waals surface area (Å²) in [7, 11) is 4.69. The lowest BCUT2D eigenvalue weighted by atomic mass is 10.2. The molecule has 0 amide bonds. The average Bonchev–Trinajstić information content (AvgIpc) is 2.50. The van der Waals surface area contributed by atoms with Crippen LogP contribution in [0.5, 0.6) is 5.75 Å². The van der Waals surface area contributed by atoms with Gasteiger partial charge in [-0.1, -0.05) is 12.1 Å². The van der Waals surface area contributed by atoms with E-state index >= 15 is 0 Å². The number of nitrogens with zero attached hydrogens (tertiary/aromatic N) is 1. The summed E-state index contributed by atoms with van der Waals surface area (Å²) in [4.78, 5) is 15.1. The van der Waals surface area contributed by atoms with Crippen LogP contribution in [0, 0.1) is 0 Å². The molecule has 0 unspecified atom stereocenters. The van der Waals surface area contributed by atoms with Crippen molar-refractivity contribution >= 4 is 11.9 Å². The van der Waals surface area contributed by atoms with Gasteiger partial charge in [-0.05, 0) is 17.7 Å². The van der Waals surface area contributed by atoms with Gasteiger partial charge in [0.15, 0.2) is 5.96 Å². The fraction of sp³-hybridized carbons (Fsp3) is 0.429. The van der Waals surface area contributed by atoms with Crippen molar-refractivity contribution in [2.45, 2.75) is 13.0 Å². The second kappa shape index (κ2) is 8.79. The van der Waals surface area contributed by atoms with Crippen LogP contribution in [-0.2, 0) is 16.1 Å². The second-order valence-electron chi connectivity index (χ2n) is 4.03. The molecule has 0 aliphatic carbocycles. The second-order valence-corrected chi connectivity index (χ2v) is 4.03. The van der Waals surface area contributed by atoms with Crippen molar-refractivity contribution in [1.29, 1.82) is 0 Å². The van der Waals surface area contributed by atoms with Crippen LogP contribution in [0.1, 0.15) is 12.0 Å². The highest BCUT2D eigenvalue weighted by Gasteiger charge is 2.02. The van der Waals surface area contributed by atoms with E-state index in [0.29, 0.717) is 25.5 Å². The highest BCUT2D eigenvalue weighted by atomic mass is 16.5. The van der Waals surface area contributed by atoms with Crippen LogP contribution < -0.4 is 15.4 Å². The lowest BCUT2D eigenvalue weighted by Gasteiger charge is -2.12. The minimum atomic E-state index is -0.249. The predicted molar refractivity (Wildman–Crippen MR) is 77.8 cm³/mol. The minimum Gasteiger partial charge on any atom is -0.497 e. The molecule has 1 rings (SSSR count). The minimum absolute atomic E-state index is 0.249. The fourth-order valence-corrected chi connectivity index (χ4v) is 1.57. The first-order valence-electron chi connectivity index (χ1n) is 6.34. The number of ether oxygens (including phenoxy) is 2. The van der Waals surface area contributed by atoms with E-state index in [1.54, 1.807) is 14.2 Å². The summed E-state index contributed by atoms with van der Waals surface area (Å²) in [5.74, 6) is 1.20. The molecule has 110 valence electrons. The Morgan fingerprint density at radius 3 is 2.75 bits per heavy atom. The zero-order valence-corrected chi connectivity index (χ0v) is 12.1. The highest BCUT2D eigenvalue weighted by molar-refractivity contribution is 5.80. The number of carbonyl (C=O) groups is 1. The SMILES string of the molecule is CN=C(NCCC(=O)OC)NCc1cccc(OC)c1. The Morgan fingerprint density at radius 2 is 2.10 bits per heavy atom. The Bertz CT molecular complexity index is 461. The summed E-state index contributed by atoms with van der Waals surface area (Å²) in [6, 6.07) is 7.78. The van der Waals surface area contributed by atoms with Gasteiger partial charge in [0.1, 0.15) is 5.75 Å². The van der Waals surface area contributed by atoms with Crippen molar-refractivity contribution < 1.29 is 14.3 Å². The van der Waals surface area contributed by atoms with Gasteiger partial charge in [-0.3, -0.25) is 9.79 Å². The maximum atomic E-state index is 11.0. The number of hydrogen-bond acceptors (Lipinski definition) is 4. The summed E-state index contributed by atoms with van der Waals surface area (Å²) in [5.41, 5.74) is 1.08. The zero-order chi connectivity index (χ0) is 14.8. The fourth-order valence-electron chi connectivity index (χ4n) is 1.57. The molecule has 0 saturated heterocycles. The normalized spacial score (nSPS) is 10.8. The molecule has 0 radical (unpaired) electrons. The Hall–Kier alpha value is -2.24. The molecular weight excluding hydrogens is 258 g/mol. The van der Waals surface area contributed by atoms with E-state index < -0.39 is 0 Å². The number of aliphatic imine (C=N–C) groups is 1. The van der Waals surface area contributed by atoms with Gasteiger partial charge in [-0.15, -0.1) is 0 Å². The Balaban J connectivity index is 2.39. The molecule has 1 aromatic carbocycles. The van der Waals surface area contributed by atoms with Crippen molar-refractivity contribution in [1.82, 2.24) is 10.6 Å². The lowest BCUT2D eigenvalue weighted by molar-refractivity contribution is -0.140. The van der Waals surface area contributed by atoms with Gasteiger partial charge in [-0.25, -0.2) is 0 Å². The molecule has 6 heteroatoms. The first-order valence-corrected chi connectivity index (χ1v) is 6.34. The number of methoxy groups -OCH3 is 2. The third-order valence-corrected chi connectivity index (χ3v) is 2.67. The number of rotatable bonds is 6. The third kappa shape index (κ3) is 5.60.